The van der Waals surface area contributed by atoms with Crippen molar-refractivity contribution in [2.75, 3.05) is 62.5 Å². The summed E-state index contributed by atoms with van der Waals surface area (Å²) in [5.74, 6) is -10.3. The van der Waals surface area contributed by atoms with Crippen LogP contribution in [0.2, 0.25) is 0 Å². The monoisotopic (exact) mass is 1270 g/mol. The van der Waals surface area contributed by atoms with Crippen molar-refractivity contribution in [2.45, 2.75) is 235 Å². The Morgan fingerprint density at radius 3 is 1.51 bits per heavy atom. The van der Waals surface area contributed by atoms with E-state index in [1.165, 1.54) is 82.8 Å². The van der Waals surface area contributed by atoms with Gasteiger partial charge in [0, 0.05) is 62.4 Å². The molecule has 90 heavy (non-hydrogen) atoms. The molecule has 1 fully saturated rings. The normalized spacial score (nSPS) is 26.3. The quantitative estimate of drug-likeness (QED) is 0.0916. The van der Waals surface area contributed by atoms with Crippen molar-refractivity contribution in [2.24, 2.45) is 35.5 Å². The number of hydrogen-bond acceptors (Lipinski definition) is 14. The Labute approximate surface area is 537 Å². The number of allylic oxidation sites excluding steroid dienone is 2. The molecule has 1 aliphatic heterocycles. The van der Waals surface area contributed by atoms with Crippen molar-refractivity contribution < 1.29 is 62.6 Å². The standard InChI is InChI=1S/C65H114N12O13/c1-24-26-30-42(13)55(79)54-59(83)69-46(25-2)61(85)71(17)36-50(78)75(21)53(45(16)90-32-29-27-28-31-66)58(82)70-51(40(9)10)64(88)72(18)47(33-37(3)4)57(81)67-43(14)56(80)68-44(15)60(84)73(19)48(34-38(5)6)62(86)74(20)49(35-39(7)8)63(87)76(22)52(41(11)12)65(89)77(54)23/h24,26,37-49,51-55,79H,25,27-30,32-36H2,1-23H3,(H,67,81)(H,68,80)(H,69,83)(H,70,82)/t42-,43+,44-,45-,46+,47+,48+,49+,51+,52+,53+,54+,55-/m1/s1. The molecule has 1 rings (SSSR count). The number of aliphatic hydroxyl groups is 1. The topological polar surface area (TPSA) is 312 Å². The molecule has 512 valence electrons. The molecule has 0 aliphatic carbocycles. The van der Waals surface area contributed by atoms with Gasteiger partial charge in [0.2, 0.25) is 65.0 Å². The van der Waals surface area contributed by atoms with Gasteiger partial charge in [-0.15, -0.1) is 0 Å². The lowest BCUT2D eigenvalue weighted by atomic mass is 9.91. The van der Waals surface area contributed by atoms with Crippen LogP contribution in [0.25, 0.3) is 0 Å². The van der Waals surface area contributed by atoms with E-state index in [9.17, 15) is 48.3 Å². The highest BCUT2D eigenvalue weighted by molar-refractivity contribution is 5.99. The van der Waals surface area contributed by atoms with Crippen LogP contribution in [-0.2, 0) is 57.5 Å². The number of ether oxygens (including phenoxy) is 1. The Kier molecular flexibility index (Phi) is 34.6. The van der Waals surface area contributed by atoms with Crippen molar-refractivity contribution in [3.63, 3.8) is 0 Å². The largest absolute Gasteiger partial charge is 0.390 e. The first-order chi connectivity index (χ1) is 41.8. The summed E-state index contributed by atoms with van der Waals surface area (Å²) >= 11 is 0. The molecule has 25 nitrogen and oxygen atoms in total. The van der Waals surface area contributed by atoms with Gasteiger partial charge in [0.25, 0.3) is 0 Å². The van der Waals surface area contributed by atoms with Crippen molar-refractivity contribution >= 4 is 65.0 Å². The SMILES string of the molecule is CC=CC[C@@H](C)[C@@H](O)[C@H]1C(=O)N[C@@H](CC)C(=O)N(C)CC(=O)N(C)[C@@H]([C@@H](C)OCCCCC#N)C(=O)N[C@@H](C(C)C)C(=O)N(C)[C@@H](CC(C)C)C(=O)N[C@@H](C)C(=O)N[C@H](C)C(=O)N(C)[C@@H](CC(C)C)C(=O)N(C)[C@@H](CC(C)C)C(=O)N(C)[C@@H](C(C)C)C(=O)N1C. The van der Waals surface area contributed by atoms with E-state index in [-0.39, 0.29) is 56.5 Å². The van der Waals surface area contributed by atoms with E-state index in [2.05, 4.69) is 27.3 Å². The van der Waals surface area contributed by atoms with E-state index >= 15 is 9.59 Å². The smallest absolute Gasteiger partial charge is 0.246 e. The summed E-state index contributed by atoms with van der Waals surface area (Å²) in [5, 5.41) is 32.2. The van der Waals surface area contributed by atoms with Crippen LogP contribution in [-0.4, -0.2) is 239 Å². The number of nitriles is 1. The first-order valence-electron chi connectivity index (χ1n) is 32.1. The first kappa shape index (κ1) is 81.3. The first-order valence-corrected chi connectivity index (χ1v) is 32.1. The molecule has 0 unspecified atom stereocenters. The van der Waals surface area contributed by atoms with Gasteiger partial charge in [-0.05, 0) is 108 Å². The minimum absolute atomic E-state index is 0.0155. The number of aliphatic hydroxyl groups excluding tert-OH is 1. The lowest BCUT2D eigenvalue weighted by Crippen LogP contribution is -2.63. The van der Waals surface area contributed by atoms with Gasteiger partial charge in [0.05, 0.1) is 24.8 Å². The van der Waals surface area contributed by atoms with Gasteiger partial charge in [-0.1, -0.05) is 95.2 Å². The maximum Gasteiger partial charge on any atom is 0.246 e. The van der Waals surface area contributed by atoms with E-state index in [0.717, 1.165) is 14.7 Å². The van der Waals surface area contributed by atoms with Gasteiger partial charge in [-0.3, -0.25) is 52.7 Å². The summed E-state index contributed by atoms with van der Waals surface area (Å²) in [7, 11) is 9.73. The van der Waals surface area contributed by atoms with E-state index < -0.39 is 162 Å². The minimum atomic E-state index is -1.64. The second kappa shape index (κ2) is 38.2. The summed E-state index contributed by atoms with van der Waals surface area (Å²) in [6, 6.07) is -10.9. The Balaban J connectivity index is 4.39. The molecule has 0 radical (unpaired) electrons. The predicted octanol–water partition coefficient (Wildman–Crippen LogP) is 3.32. The highest BCUT2D eigenvalue weighted by Gasteiger charge is 2.46. The Morgan fingerprint density at radius 2 is 1.02 bits per heavy atom. The second-order valence-corrected chi connectivity index (χ2v) is 26.6. The lowest BCUT2D eigenvalue weighted by Gasteiger charge is -2.41. The number of rotatable bonds is 19. The fraction of sp³-hybridized carbons (Fsp3) is 0.785. The zero-order valence-electron chi connectivity index (χ0n) is 58.5. The molecular weight excluding hydrogens is 1160 g/mol. The van der Waals surface area contributed by atoms with Gasteiger partial charge in [-0.2, -0.15) is 5.26 Å². The Hall–Kier alpha value is -6.68. The second-order valence-electron chi connectivity index (χ2n) is 26.6. The predicted molar refractivity (Wildman–Crippen MR) is 344 cm³/mol. The highest BCUT2D eigenvalue weighted by Crippen LogP contribution is 2.26. The van der Waals surface area contributed by atoms with Gasteiger partial charge in [0.1, 0.15) is 60.4 Å². The third kappa shape index (κ3) is 23.2. The zero-order chi connectivity index (χ0) is 69.5. The van der Waals surface area contributed by atoms with Crippen LogP contribution in [0.4, 0.5) is 0 Å². The van der Waals surface area contributed by atoms with Crippen molar-refractivity contribution in [3.8, 4) is 6.07 Å². The number of hydrogen-bond donors (Lipinski definition) is 5. The van der Waals surface area contributed by atoms with E-state index in [1.807, 2.05) is 41.5 Å². The fourth-order valence-corrected chi connectivity index (χ4v) is 11.1. The van der Waals surface area contributed by atoms with Crippen molar-refractivity contribution in [3.05, 3.63) is 12.2 Å². The van der Waals surface area contributed by atoms with Crippen LogP contribution in [0.3, 0.4) is 0 Å². The van der Waals surface area contributed by atoms with E-state index in [1.54, 1.807) is 67.5 Å². The molecule has 1 heterocycles. The van der Waals surface area contributed by atoms with Crippen LogP contribution in [0, 0.1) is 46.8 Å². The number of amides is 11. The van der Waals surface area contributed by atoms with Crippen molar-refractivity contribution in [1.29, 1.82) is 5.26 Å². The average Bonchev–Trinajstić information content (AvgIpc) is 0.863. The number of carbonyl (C=O) groups is 11. The highest BCUT2D eigenvalue weighted by atomic mass is 16.5. The molecule has 25 heteroatoms. The zero-order valence-corrected chi connectivity index (χ0v) is 58.5. The minimum Gasteiger partial charge on any atom is -0.390 e. The molecule has 0 saturated carbocycles. The molecule has 13 atom stereocenters. The third-order valence-electron chi connectivity index (χ3n) is 16.8. The molecule has 1 aliphatic rings. The van der Waals surface area contributed by atoms with Crippen LogP contribution in [0.15, 0.2) is 12.2 Å². The van der Waals surface area contributed by atoms with Gasteiger partial charge < -0.3 is 65.4 Å². The molecule has 0 aromatic rings. The number of likely N-dealkylation sites (N-methyl/N-ethyl adjacent to an activating group) is 7. The fourth-order valence-electron chi connectivity index (χ4n) is 11.1. The molecule has 0 aromatic heterocycles. The summed E-state index contributed by atoms with van der Waals surface area (Å²) in [6.45, 7) is 27.0. The number of nitrogens with zero attached hydrogens (tertiary/aromatic N) is 8. The molecule has 0 aromatic carbocycles. The number of nitrogens with one attached hydrogen (secondary N) is 4. The van der Waals surface area contributed by atoms with Crippen LogP contribution in [0.1, 0.15) is 162 Å². The summed E-state index contributed by atoms with van der Waals surface area (Å²) < 4.78 is 6.11. The maximum absolute atomic E-state index is 15.2. The molecule has 0 spiro atoms. The summed E-state index contributed by atoms with van der Waals surface area (Å²) in [4.78, 5) is 170. The number of unbranched alkanes of at least 4 members (excludes halogenated alkanes) is 2. The van der Waals surface area contributed by atoms with E-state index in [4.69, 9.17) is 10.00 Å². The molecule has 5 N–H and O–H groups in total. The van der Waals surface area contributed by atoms with Crippen molar-refractivity contribution in [1.82, 2.24) is 55.6 Å². The average molecular weight is 1270 g/mol. The Bertz CT molecular complexity index is 2500. The van der Waals surface area contributed by atoms with Crippen LogP contribution in [0.5, 0.6) is 0 Å². The van der Waals surface area contributed by atoms with Crippen LogP contribution < -0.4 is 21.3 Å². The van der Waals surface area contributed by atoms with Gasteiger partial charge in [0.15, 0.2) is 0 Å². The third-order valence-corrected chi connectivity index (χ3v) is 16.8. The summed E-state index contributed by atoms with van der Waals surface area (Å²) in [6.07, 6.45) is 2.89. The molecular formula is C65H114N12O13. The Morgan fingerprint density at radius 1 is 0.544 bits per heavy atom. The maximum atomic E-state index is 15.2. The molecule has 0 bridgehead atoms. The van der Waals surface area contributed by atoms with E-state index in [0.29, 0.717) is 19.3 Å². The number of carbonyl (C=O) groups excluding carboxylic acids is 11. The molecule has 1 saturated heterocycles. The van der Waals surface area contributed by atoms with Gasteiger partial charge >= 0.3 is 0 Å². The summed E-state index contributed by atoms with van der Waals surface area (Å²) in [5.41, 5.74) is 0. The van der Waals surface area contributed by atoms with Gasteiger partial charge in [-0.25, -0.2) is 0 Å². The molecule has 11 amide bonds. The van der Waals surface area contributed by atoms with Crippen LogP contribution >= 0.6 is 0 Å². The lowest BCUT2D eigenvalue weighted by molar-refractivity contribution is -0.157.